The first-order chi connectivity index (χ1) is 15.8. The van der Waals surface area contributed by atoms with E-state index < -0.39 is 11.4 Å². The second kappa shape index (κ2) is 11.5. The molecule has 3 rings (SSSR count). The highest BCUT2D eigenvalue weighted by atomic mass is 35.5. The van der Waals surface area contributed by atoms with Crippen molar-refractivity contribution in [3.05, 3.63) is 70.0 Å². The van der Waals surface area contributed by atoms with Crippen molar-refractivity contribution in [3.8, 4) is 11.1 Å². The van der Waals surface area contributed by atoms with Gasteiger partial charge in [-0.05, 0) is 75.0 Å². The zero-order valence-electron chi connectivity index (χ0n) is 19.7. The molecule has 0 fully saturated rings. The third-order valence-electron chi connectivity index (χ3n) is 5.96. The summed E-state index contributed by atoms with van der Waals surface area (Å²) in [5.41, 5.74) is 3.48. The molecular formula is C27H33ClN2O3. The molecule has 0 spiro atoms. The monoisotopic (exact) mass is 468 g/mol. The van der Waals surface area contributed by atoms with Gasteiger partial charge in [0.15, 0.2) is 0 Å². The van der Waals surface area contributed by atoms with Crippen molar-refractivity contribution in [2.75, 3.05) is 25.5 Å². The van der Waals surface area contributed by atoms with E-state index in [1.807, 2.05) is 30.5 Å². The van der Waals surface area contributed by atoms with Crippen LogP contribution in [0.4, 0.5) is 0 Å². The average molecular weight is 469 g/mol. The SMILES string of the molecule is CCCN(CCCl)CCCc1cccc(-c2ccc3c(=O)c(C(=O)O)cn(C(C)C)c3c2)c1. The summed E-state index contributed by atoms with van der Waals surface area (Å²) in [5, 5.41) is 9.87. The zero-order chi connectivity index (χ0) is 24.0. The number of alkyl halides is 1. The lowest BCUT2D eigenvalue weighted by Gasteiger charge is -2.20. The third kappa shape index (κ3) is 6.04. The minimum Gasteiger partial charge on any atom is -0.477 e. The molecule has 3 aromatic rings. The van der Waals surface area contributed by atoms with Gasteiger partial charge in [-0.2, -0.15) is 0 Å². The molecule has 6 heteroatoms. The molecule has 0 aliphatic carbocycles. The fraction of sp³-hybridized carbons (Fsp3) is 0.407. The van der Waals surface area contributed by atoms with Gasteiger partial charge in [0, 0.05) is 30.0 Å². The second-order valence-corrected chi connectivity index (χ2v) is 9.12. The number of carboxylic acid groups (broad SMARTS) is 1. The molecule has 1 N–H and O–H groups in total. The molecule has 0 bridgehead atoms. The van der Waals surface area contributed by atoms with E-state index in [1.54, 1.807) is 6.07 Å². The summed E-state index contributed by atoms with van der Waals surface area (Å²) < 4.78 is 1.87. The predicted molar refractivity (Wildman–Crippen MR) is 137 cm³/mol. The largest absolute Gasteiger partial charge is 0.477 e. The highest BCUT2D eigenvalue weighted by molar-refractivity contribution is 6.18. The summed E-state index contributed by atoms with van der Waals surface area (Å²) in [7, 11) is 0. The van der Waals surface area contributed by atoms with Crippen molar-refractivity contribution in [1.29, 1.82) is 0 Å². The van der Waals surface area contributed by atoms with Gasteiger partial charge in [0.2, 0.25) is 5.43 Å². The van der Waals surface area contributed by atoms with Crippen molar-refractivity contribution >= 4 is 28.5 Å². The summed E-state index contributed by atoms with van der Waals surface area (Å²) in [5.74, 6) is -0.538. The van der Waals surface area contributed by atoms with Crippen molar-refractivity contribution in [2.45, 2.75) is 46.1 Å². The van der Waals surface area contributed by atoms with Crippen molar-refractivity contribution < 1.29 is 9.90 Å². The number of carboxylic acids is 1. The van der Waals surface area contributed by atoms with Gasteiger partial charge in [-0.15, -0.1) is 11.6 Å². The minimum atomic E-state index is -1.20. The molecule has 0 saturated carbocycles. The quantitative estimate of drug-likeness (QED) is 0.359. The number of pyridine rings is 1. The van der Waals surface area contributed by atoms with Crippen molar-refractivity contribution in [3.63, 3.8) is 0 Å². The van der Waals surface area contributed by atoms with Crippen LogP contribution in [-0.4, -0.2) is 46.1 Å². The van der Waals surface area contributed by atoms with Crippen LogP contribution in [0.1, 0.15) is 55.6 Å². The maximum Gasteiger partial charge on any atom is 0.341 e. The van der Waals surface area contributed by atoms with Crippen LogP contribution in [0.3, 0.4) is 0 Å². The van der Waals surface area contributed by atoms with E-state index in [-0.39, 0.29) is 11.6 Å². The Bertz CT molecular complexity index is 1160. The van der Waals surface area contributed by atoms with Gasteiger partial charge in [-0.1, -0.05) is 37.3 Å². The maximum atomic E-state index is 12.7. The Labute approximate surface area is 200 Å². The first-order valence-electron chi connectivity index (χ1n) is 11.7. The van der Waals surface area contributed by atoms with Crippen LogP contribution in [-0.2, 0) is 6.42 Å². The Kier molecular flexibility index (Phi) is 8.70. The molecule has 176 valence electrons. The Morgan fingerprint density at radius 2 is 1.85 bits per heavy atom. The van der Waals surface area contributed by atoms with Gasteiger partial charge < -0.3 is 14.6 Å². The Balaban J connectivity index is 1.89. The number of aromatic nitrogens is 1. The molecule has 5 nitrogen and oxygen atoms in total. The summed E-state index contributed by atoms with van der Waals surface area (Å²) in [6.45, 7) is 9.19. The van der Waals surface area contributed by atoms with E-state index in [0.29, 0.717) is 11.3 Å². The van der Waals surface area contributed by atoms with Crippen molar-refractivity contribution in [1.82, 2.24) is 9.47 Å². The molecule has 2 aromatic carbocycles. The topological polar surface area (TPSA) is 62.5 Å². The first kappa shape index (κ1) is 25.0. The molecule has 0 saturated heterocycles. The molecular weight excluding hydrogens is 436 g/mol. The van der Waals surface area contributed by atoms with Gasteiger partial charge in [-0.25, -0.2) is 4.79 Å². The van der Waals surface area contributed by atoms with Gasteiger partial charge >= 0.3 is 5.97 Å². The molecule has 1 heterocycles. The summed E-state index contributed by atoms with van der Waals surface area (Å²) in [4.78, 5) is 26.7. The van der Waals surface area contributed by atoms with E-state index in [9.17, 15) is 14.7 Å². The van der Waals surface area contributed by atoms with Gasteiger partial charge in [-0.3, -0.25) is 4.79 Å². The lowest BCUT2D eigenvalue weighted by Crippen LogP contribution is -2.28. The molecule has 0 radical (unpaired) electrons. The minimum absolute atomic E-state index is 0.0202. The molecule has 33 heavy (non-hydrogen) atoms. The molecule has 0 atom stereocenters. The van der Waals surface area contributed by atoms with E-state index in [0.717, 1.165) is 55.5 Å². The third-order valence-corrected chi connectivity index (χ3v) is 6.13. The van der Waals surface area contributed by atoms with Crippen molar-refractivity contribution in [2.24, 2.45) is 0 Å². The van der Waals surface area contributed by atoms with E-state index >= 15 is 0 Å². The Hall–Kier alpha value is -2.63. The number of carbonyl (C=O) groups is 1. The van der Waals surface area contributed by atoms with E-state index in [2.05, 4.69) is 36.1 Å². The number of nitrogens with zero attached hydrogens (tertiary/aromatic N) is 2. The molecule has 1 aromatic heterocycles. The predicted octanol–water partition coefficient (Wildman–Crippen LogP) is 5.83. The van der Waals surface area contributed by atoms with Crippen LogP contribution in [0.15, 0.2) is 53.5 Å². The average Bonchev–Trinajstić information content (AvgIpc) is 2.79. The van der Waals surface area contributed by atoms with Crippen LogP contribution in [0.2, 0.25) is 0 Å². The molecule has 0 aliphatic rings. The number of halogens is 1. The number of aromatic carboxylic acids is 1. The number of fused-ring (bicyclic) bond motifs is 1. The molecule has 0 aliphatic heterocycles. The van der Waals surface area contributed by atoms with Crippen LogP contribution in [0.5, 0.6) is 0 Å². The lowest BCUT2D eigenvalue weighted by molar-refractivity contribution is 0.0694. The fourth-order valence-electron chi connectivity index (χ4n) is 4.29. The van der Waals surface area contributed by atoms with Crippen LogP contribution in [0, 0.1) is 0 Å². The molecule has 0 unspecified atom stereocenters. The summed E-state index contributed by atoms with van der Waals surface area (Å²) >= 11 is 5.93. The second-order valence-electron chi connectivity index (χ2n) is 8.74. The number of hydrogen-bond acceptors (Lipinski definition) is 3. The summed E-state index contributed by atoms with van der Waals surface area (Å²) in [6, 6.07) is 14.2. The number of aryl methyl sites for hydroxylation is 1. The smallest absolute Gasteiger partial charge is 0.341 e. The highest BCUT2D eigenvalue weighted by Gasteiger charge is 2.16. The van der Waals surface area contributed by atoms with E-state index in [4.69, 9.17) is 11.6 Å². The normalized spacial score (nSPS) is 11.6. The summed E-state index contributed by atoms with van der Waals surface area (Å²) in [6.07, 6.45) is 4.65. The lowest BCUT2D eigenvalue weighted by atomic mass is 9.99. The van der Waals surface area contributed by atoms with Crippen LogP contribution in [0.25, 0.3) is 22.0 Å². The Morgan fingerprint density at radius 1 is 1.09 bits per heavy atom. The van der Waals surface area contributed by atoms with Gasteiger partial charge in [0.25, 0.3) is 0 Å². The Morgan fingerprint density at radius 3 is 2.52 bits per heavy atom. The fourth-order valence-corrected chi connectivity index (χ4v) is 4.53. The standard InChI is InChI=1S/C27H33ClN2O3/c1-4-13-29(15-12-28)14-6-8-20-7-5-9-21(16-20)22-10-11-23-25(17-22)30(19(2)3)18-24(26(23)31)27(32)33/h5,7,9-11,16-19H,4,6,8,12-15H2,1-3H3,(H,32,33). The number of rotatable bonds is 11. The van der Waals surface area contributed by atoms with Crippen LogP contribution >= 0.6 is 11.6 Å². The van der Waals surface area contributed by atoms with E-state index in [1.165, 1.54) is 11.8 Å². The first-order valence-corrected chi connectivity index (χ1v) is 12.2. The number of hydrogen-bond donors (Lipinski definition) is 1. The van der Waals surface area contributed by atoms with Crippen LogP contribution < -0.4 is 5.43 Å². The zero-order valence-corrected chi connectivity index (χ0v) is 20.4. The highest BCUT2D eigenvalue weighted by Crippen LogP contribution is 2.26. The number of benzene rings is 2. The van der Waals surface area contributed by atoms with Gasteiger partial charge in [0.1, 0.15) is 5.56 Å². The molecule has 0 amide bonds. The maximum absolute atomic E-state index is 12.7. The van der Waals surface area contributed by atoms with Gasteiger partial charge in [0.05, 0.1) is 5.52 Å².